The van der Waals surface area contributed by atoms with E-state index in [1.54, 1.807) is 7.11 Å². The number of nitrogens with zero attached hydrogens (tertiary/aromatic N) is 1. The Morgan fingerprint density at radius 1 is 1.29 bits per heavy atom. The van der Waals surface area contributed by atoms with Crippen LogP contribution in [0.5, 0.6) is 5.75 Å². The predicted molar refractivity (Wildman–Crippen MR) is 65.3 cm³/mol. The third-order valence-corrected chi connectivity index (χ3v) is 3.92. The minimum Gasteiger partial charge on any atom is -0.497 e. The van der Waals surface area contributed by atoms with E-state index in [2.05, 4.69) is 17.0 Å². The summed E-state index contributed by atoms with van der Waals surface area (Å²) in [5, 5.41) is 0. The van der Waals surface area contributed by atoms with Crippen LogP contribution >= 0.6 is 0 Å². The van der Waals surface area contributed by atoms with Crippen LogP contribution in [-0.4, -0.2) is 30.9 Å². The third-order valence-electron chi connectivity index (χ3n) is 3.92. The zero-order valence-corrected chi connectivity index (χ0v) is 10.1. The van der Waals surface area contributed by atoms with E-state index in [4.69, 9.17) is 4.74 Å². The standard InChI is InChI=1S/C14H17NO2/c1-17-12-2-3-13-10(8-12)4-6-15-7-5-11(16)9-14(13)15/h2-3,8,14H,4-7,9H2,1H3/t14-/m0/s1. The van der Waals surface area contributed by atoms with Gasteiger partial charge >= 0.3 is 0 Å². The van der Waals surface area contributed by atoms with Gasteiger partial charge in [0.25, 0.3) is 0 Å². The largest absolute Gasteiger partial charge is 0.497 e. The van der Waals surface area contributed by atoms with E-state index in [-0.39, 0.29) is 0 Å². The number of ether oxygens (including phenoxy) is 1. The van der Waals surface area contributed by atoms with Crippen molar-refractivity contribution in [2.75, 3.05) is 20.2 Å². The van der Waals surface area contributed by atoms with E-state index in [1.165, 1.54) is 11.1 Å². The molecule has 3 heteroatoms. The van der Waals surface area contributed by atoms with Crippen LogP contribution in [0.25, 0.3) is 0 Å². The molecular formula is C14H17NO2. The molecule has 0 bridgehead atoms. The van der Waals surface area contributed by atoms with Gasteiger partial charge in [0.1, 0.15) is 11.5 Å². The maximum absolute atomic E-state index is 11.6. The number of piperidine rings is 1. The summed E-state index contributed by atoms with van der Waals surface area (Å²) in [7, 11) is 1.70. The molecule has 2 heterocycles. The van der Waals surface area contributed by atoms with Crippen molar-refractivity contribution in [3.8, 4) is 5.75 Å². The average molecular weight is 231 g/mol. The monoisotopic (exact) mass is 231 g/mol. The van der Waals surface area contributed by atoms with Gasteiger partial charge in [0.05, 0.1) is 7.11 Å². The van der Waals surface area contributed by atoms with E-state index in [1.807, 2.05) is 6.07 Å². The summed E-state index contributed by atoms with van der Waals surface area (Å²) in [4.78, 5) is 14.0. The number of Topliss-reactive ketones (excluding diaryl/α,β-unsaturated/α-hetero) is 1. The Hall–Kier alpha value is -1.35. The van der Waals surface area contributed by atoms with Crippen molar-refractivity contribution < 1.29 is 9.53 Å². The van der Waals surface area contributed by atoms with Crippen LogP contribution in [0.3, 0.4) is 0 Å². The van der Waals surface area contributed by atoms with Crippen molar-refractivity contribution in [3.63, 3.8) is 0 Å². The number of rotatable bonds is 1. The van der Waals surface area contributed by atoms with Gasteiger partial charge in [-0.15, -0.1) is 0 Å². The molecule has 3 nitrogen and oxygen atoms in total. The van der Waals surface area contributed by atoms with Gasteiger partial charge in [-0.1, -0.05) is 6.07 Å². The molecule has 0 N–H and O–H groups in total. The molecule has 2 aliphatic rings. The highest BCUT2D eigenvalue weighted by molar-refractivity contribution is 5.80. The first kappa shape index (κ1) is 10.8. The molecule has 0 amide bonds. The first-order valence-electron chi connectivity index (χ1n) is 6.20. The maximum atomic E-state index is 11.6. The van der Waals surface area contributed by atoms with Gasteiger partial charge in [0.2, 0.25) is 0 Å². The smallest absolute Gasteiger partial charge is 0.136 e. The molecule has 1 aromatic rings. The molecule has 0 radical (unpaired) electrons. The van der Waals surface area contributed by atoms with Gasteiger partial charge < -0.3 is 4.74 Å². The Labute approximate surface area is 101 Å². The molecule has 90 valence electrons. The fraction of sp³-hybridized carbons (Fsp3) is 0.500. The minimum absolute atomic E-state index is 0.311. The number of carbonyl (C=O) groups is 1. The lowest BCUT2D eigenvalue weighted by Gasteiger charge is -2.40. The molecule has 2 aliphatic heterocycles. The van der Waals surface area contributed by atoms with Crippen LogP contribution in [0, 0.1) is 0 Å². The third kappa shape index (κ3) is 1.84. The summed E-state index contributed by atoms with van der Waals surface area (Å²) in [6.45, 7) is 1.99. The maximum Gasteiger partial charge on any atom is 0.136 e. The number of benzene rings is 1. The molecule has 0 aromatic heterocycles. The van der Waals surface area contributed by atoms with E-state index >= 15 is 0 Å². The summed E-state index contributed by atoms with van der Waals surface area (Å²) in [5.74, 6) is 1.31. The van der Waals surface area contributed by atoms with Crippen molar-refractivity contribution in [2.24, 2.45) is 0 Å². The number of carbonyl (C=O) groups excluding carboxylic acids is 1. The Morgan fingerprint density at radius 3 is 2.94 bits per heavy atom. The lowest BCUT2D eigenvalue weighted by Crippen LogP contribution is -2.41. The molecule has 17 heavy (non-hydrogen) atoms. The van der Waals surface area contributed by atoms with Crippen LogP contribution < -0.4 is 4.74 Å². The zero-order chi connectivity index (χ0) is 11.8. The number of hydrogen-bond donors (Lipinski definition) is 0. The summed E-state index contributed by atoms with van der Waals surface area (Å²) in [5.41, 5.74) is 2.67. The van der Waals surface area contributed by atoms with Crippen molar-refractivity contribution in [1.82, 2.24) is 4.90 Å². The Bertz CT molecular complexity index is 456. The summed E-state index contributed by atoms with van der Waals surface area (Å²) in [6.07, 6.45) is 2.47. The normalized spacial score (nSPS) is 24.1. The number of hydrogen-bond acceptors (Lipinski definition) is 3. The highest BCUT2D eigenvalue weighted by Crippen LogP contribution is 2.36. The van der Waals surface area contributed by atoms with E-state index in [0.29, 0.717) is 18.2 Å². The van der Waals surface area contributed by atoms with Crippen molar-refractivity contribution in [3.05, 3.63) is 29.3 Å². The molecule has 1 aromatic carbocycles. The molecule has 1 saturated heterocycles. The first-order valence-corrected chi connectivity index (χ1v) is 6.20. The highest BCUT2D eigenvalue weighted by Gasteiger charge is 2.32. The van der Waals surface area contributed by atoms with Gasteiger partial charge in [-0.2, -0.15) is 0 Å². The zero-order valence-electron chi connectivity index (χ0n) is 10.1. The number of ketones is 1. The average Bonchev–Trinajstić information content (AvgIpc) is 2.37. The molecule has 1 atom stereocenters. The van der Waals surface area contributed by atoms with E-state index < -0.39 is 0 Å². The van der Waals surface area contributed by atoms with Crippen molar-refractivity contribution >= 4 is 5.78 Å². The number of methoxy groups -OCH3 is 1. The van der Waals surface area contributed by atoms with E-state index in [9.17, 15) is 4.79 Å². The van der Waals surface area contributed by atoms with Gasteiger partial charge in [0, 0.05) is 32.0 Å². The van der Waals surface area contributed by atoms with Crippen molar-refractivity contribution in [1.29, 1.82) is 0 Å². The lowest BCUT2D eigenvalue weighted by molar-refractivity contribution is -0.123. The second-order valence-corrected chi connectivity index (χ2v) is 4.86. The van der Waals surface area contributed by atoms with E-state index in [0.717, 1.165) is 31.7 Å². The van der Waals surface area contributed by atoms with Crippen LogP contribution in [0.1, 0.15) is 30.0 Å². The Kier molecular flexibility index (Phi) is 2.63. The second-order valence-electron chi connectivity index (χ2n) is 4.86. The van der Waals surface area contributed by atoms with Crippen LogP contribution in [0.4, 0.5) is 0 Å². The summed E-state index contributed by atoms with van der Waals surface area (Å²) < 4.78 is 5.26. The van der Waals surface area contributed by atoms with Gasteiger partial charge in [-0.25, -0.2) is 0 Å². The van der Waals surface area contributed by atoms with Gasteiger partial charge in [0.15, 0.2) is 0 Å². The highest BCUT2D eigenvalue weighted by atomic mass is 16.5. The summed E-state index contributed by atoms with van der Waals surface area (Å²) in [6, 6.07) is 6.56. The Balaban J connectivity index is 1.97. The molecule has 0 unspecified atom stereocenters. The Morgan fingerprint density at radius 2 is 2.12 bits per heavy atom. The van der Waals surface area contributed by atoms with Crippen molar-refractivity contribution in [2.45, 2.75) is 25.3 Å². The second kappa shape index (κ2) is 4.15. The molecule has 1 fully saturated rings. The first-order chi connectivity index (χ1) is 8.28. The van der Waals surface area contributed by atoms with Gasteiger partial charge in [-0.3, -0.25) is 9.69 Å². The minimum atomic E-state index is 0.311. The quantitative estimate of drug-likeness (QED) is 0.740. The molecular weight excluding hydrogens is 214 g/mol. The fourth-order valence-electron chi connectivity index (χ4n) is 2.96. The molecule has 0 saturated carbocycles. The van der Waals surface area contributed by atoms with Crippen LogP contribution in [-0.2, 0) is 11.2 Å². The van der Waals surface area contributed by atoms with Gasteiger partial charge in [-0.05, 0) is 29.7 Å². The molecule has 0 spiro atoms. The summed E-state index contributed by atoms with van der Waals surface area (Å²) >= 11 is 0. The lowest BCUT2D eigenvalue weighted by atomic mass is 9.86. The topological polar surface area (TPSA) is 29.5 Å². The van der Waals surface area contributed by atoms with Crippen LogP contribution in [0.15, 0.2) is 18.2 Å². The number of fused-ring (bicyclic) bond motifs is 3. The predicted octanol–water partition coefficient (Wildman–Crippen LogP) is 1.96. The fourth-order valence-corrected chi connectivity index (χ4v) is 2.96. The molecule has 3 rings (SSSR count). The SMILES string of the molecule is COc1ccc2c(c1)CCN1CCC(=O)C[C@@H]21. The van der Waals surface area contributed by atoms with Crippen LogP contribution in [0.2, 0.25) is 0 Å². The molecule has 0 aliphatic carbocycles.